The number of quaternary nitrogens is 1. The number of carbonyl (C=O) groups excluding carboxylic acids is 2. The first-order valence-electron chi connectivity index (χ1n) is 8.61. The summed E-state index contributed by atoms with van der Waals surface area (Å²) in [4.78, 5) is 24.8. The van der Waals surface area contributed by atoms with Crippen molar-refractivity contribution in [3.63, 3.8) is 0 Å². The Hall–Kier alpha value is -1.88. The molecule has 2 amide bonds. The van der Waals surface area contributed by atoms with E-state index in [1.165, 1.54) is 5.56 Å². The molecule has 0 saturated carbocycles. The zero-order valence-electron chi connectivity index (χ0n) is 15.6. The lowest BCUT2D eigenvalue weighted by molar-refractivity contribution is -0.862. The second kappa shape index (κ2) is 9.42. The smallest absolute Gasteiger partial charge is 0.275 e. The van der Waals surface area contributed by atoms with E-state index in [1.807, 2.05) is 52.9 Å². The van der Waals surface area contributed by atoms with Crippen molar-refractivity contribution < 1.29 is 14.5 Å². The highest BCUT2D eigenvalue weighted by molar-refractivity contribution is 5.79. The normalized spacial score (nSPS) is 13.9. The number of hydrogen-bond acceptors (Lipinski definition) is 2. The monoisotopic (exact) mass is 334 g/mol. The molecule has 0 aliphatic heterocycles. The van der Waals surface area contributed by atoms with Gasteiger partial charge in [0.15, 0.2) is 13.1 Å². The minimum Gasteiger partial charge on any atom is -0.349 e. The average Bonchev–Trinajstić information content (AvgIpc) is 2.43. The molecule has 0 aliphatic carbocycles. The number of carbonyl (C=O) groups is 2. The van der Waals surface area contributed by atoms with Crippen molar-refractivity contribution in [2.75, 3.05) is 20.1 Å². The molecule has 0 spiro atoms. The van der Waals surface area contributed by atoms with Crippen LogP contribution in [0.1, 0.15) is 39.7 Å². The number of benzene rings is 1. The van der Waals surface area contributed by atoms with Crippen molar-refractivity contribution >= 4 is 11.8 Å². The molecule has 1 unspecified atom stereocenters. The summed E-state index contributed by atoms with van der Waals surface area (Å²) in [6.07, 6.45) is 1.85. The third kappa shape index (κ3) is 9.30. The molecular weight excluding hydrogens is 302 g/mol. The lowest BCUT2D eigenvalue weighted by Crippen LogP contribution is -3.11. The fourth-order valence-corrected chi connectivity index (χ4v) is 2.50. The quantitative estimate of drug-likeness (QED) is 0.650. The number of amides is 2. The van der Waals surface area contributed by atoms with E-state index in [0.29, 0.717) is 13.1 Å². The first-order chi connectivity index (χ1) is 11.2. The van der Waals surface area contributed by atoms with Crippen LogP contribution >= 0.6 is 0 Å². The molecule has 5 nitrogen and oxygen atoms in total. The number of aryl methyl sites for hydroxylation is 1. The van der Waals surface area contributed by atoms with Crippen LogP contribution in [0.2, 0.25) is 0 Å². The minimum atomic E-state index is -0.244. The molecule has 0 aliphatic rings. The van der Waals surface area contributed by atoms with E-state index >= 15 is 0 Å². The van der Waals surface area contributed by atoms with Crippen molar-refractivity contribution in [2.24, 2.45) is 0 Å². The molecule has 1 aromatic carbocycles. The predicted octanol–water partition coefficient (Wildman–Crippen LogP) is 0.553. The molecule has 24 heavy (non-hydrogen) atoms. The van der Waals surface area contributed by atoms with Crippen LogP contribution < -0.4 is 15.5 Å². The van der Waals surface area contributed by atoms with Gasteiger partial charge in [0.1, 0.15) is 0 Å². The van der Waals surface area contributed by atoms with E-state index in [0.717, 1.165) is 17.7 Å². The largest absolute Gasteiger partial charge is 0.349 e. The molecule has 0 aromatic heterocycles. The van der Waals surface area contributed by atoms with Crippen molar-refractivity contribution in [3.8, 4) is 0 Å². The molecule has 0 fully saturated rings. The average molecular weight is 334 g/mol. The highest BCUT2D eigenvalue weighted by atomic mass is 16.2. The zero-order valence-corrected chi connectivity index (χ0v) is 15.6. The van der Waals surface area contributed by atoms with E-state index in [2.05, 4.69) is 22.8 Å². The Morgan fingerprint density at radius 3 is 2.25 bits per heavy atom. The van der Waals surface area contributed by atoms with E-state index in [1.54, 1.807) is 0 Å². The summed E-state index contributed by atoms with van der Waals surface area (Å²) in [6.45, 7) is 8.45. The van der Waals surface area contributed by atoms with Gasteiger partial charge in [-0.3, -0.25) is 9.59 Å². The maximum absolute atomic E-state index is 12.1. The van der Waals surface area contributed by atoms with E-state index in [9.17, 15) is 9.59 Å². The van der Waals surface area contributed by atoms with Gasteiger partial charge in [0.05, 0.1) is 7.05 Å². The molecule has 0 heterocycles. The van der Waals surface area contributed by atoms with E-state index < -0.39 is 0 Å². The highest BCUT2D eigenvalue weighted by Crippen LogP contribution is 2.04. The van der Waals surface area contributed by atoms with Crippen molar-refractivity contribution in [2.45, 2.75) is 52.1 Å². The van der Waals surface area contributed by atoms with Crippen LogP contribution in [0.5, 0.6) is 0 Å². The molecule has 5 heteroatoms. The van der Waals surface area contributed by atoms with Gasteiger partial charge < -0.3 is 15.5 Å². The first kappa shape index (κ1) is 20.2. The Morgan fingerprint density at radius 2 is 1.67 bits per heavy atom. The van der Waals surface area contributed by atoms with Crippen molar-refractivity contribution in [1.29, 1.82) is 0 Å². The molecular formula is C19H32N3O2+. The van der Waals surface area contributed by atoms with Gasteiger partial charge in [0.2, 0.25) is 0 Å². The molecule has 134 valence electrons. The Bertz CT molecular complexity index is 523. The molecule has 1 aromatic rings. The van der Waals surface area contributed by atoms with Crippen LogP contribution in [0.4, 0.5) is 0 Å². The minimum absolute atomic E-state index is 0.0170. The lowest BCUT2D eigenvalue weighted by Gasteiger charge is -2.22. The summed E-state index contributed by atoms with van der Waals surface area (Å²) in [5, 5.41) is 5.92. The highest BCUT2D eigenvalue weighted by Gasteiger charge is 2.19. The van der Waals surface area contributed by atoms with Crippen LogP contribution in [-0.2, 0) is 16.0 Å². The van der Waals surface area contributed by atoms with Gasteiger partial charge in [-0.15, -0.1) is 0 Å². The van der Waals surface area contributed by atoms with Crippen LogP contribution in [0.15, 0.2) is 30.3 Å². The zero-order chi connectivity index (χ0) is 18.2. The second-order valence-corrected chi connectivity index (χ2v) is 7.60. The third-order valence-corrected chi connectivity index (χ3v) is 3.56. The third-order valence-electron chi connectivity index (χ3n) is 3.56. The summed E-state index contributed by atoms with van der Waals surface area (Å²) in [6, 6.07) is 10.4. The summed E-state index contributed by atoms with van der Waals surface area (Å²) in [5.74, 6) is -0.0541. The summed E-state index contributed by atoms with van der Waals surface area (Å²) >= 11 is 0. The topological polar surface area (TPSA) is 62.6 Å². The maximum Gasteiger partial charge on any atom is 0.275 e. The predicted molar refractivity (Wildman–Crippen MR) is 96.9 cm³/mol. The second-order valence-electron chi connectivity index (χ2n) is 7.60. The maximum atomic E-state index is 12.1. The van der Waals surface area contributed by atoms with Crippen LogP contribution in [0.25, 0.3) is 0 Å². The SMILES string of the molecule is C[C@@H](CCc1ccccc1)NC(=O)C[NH+](C)CC(=O)NC(C)(C)C. The van der Waals surface area contributed by atoms with Gasteiger partial charge in [-0.2, -0.15) is 0 Å². The Kier molecular flexibility index (Phi) is 7.92. The van der Waals surface area contributed by atoms with Crippen LogP contribution in [0.3, 0.4) is 0 Å². The van der Waals surface area contributed by atoms with Crippen molar-refractivity contribution in [3.05, 3.63) is 35.9 Å². The molecule has 0 bridgehead atoms. The Labute approximate surface area is 145 Å². The van der Waals surface area contributed by atoms with Gasteiger partial charge in [-0.05, 0) is 46.1 Å². The van der Waals surface area contributed by atoms with Crippen LogP contribution in [0, 0.1) is 0 Å². The Balaban J connectivity index is 2.27. The van der Waals surface area contributed by atoms with E-state index in [-0.39, 0.29) is 23.4 Å². The van der Waals surface area contributed by atoms with Gasteiger partial charge in [-0.1, -0.05) is 30.3 Å². The number of hydrogen-bond donors (Lipinski definition) is 3. The van der Waals surface area contributed by atoms with Crippen LogP contribution in [-0.4, -0.2) is 43.5 Å². The van der Waals surface area contributed by atoms with E-state index in [4.69, 9.17) is 0 Å². The molecule has 0 radical (unpaired) electrons. The number of likely N-dealkylation sites (N-methyl/N-ethyl adjacent to an activating group) is 1. The van der Waals surface area contributed by atoms with Gasteiger partial charge in [-0.25, -0.2) is 0 Å². The molecule has 2 atom stereocenters. The summed E-state index contributed by atoms with van der Waals surface area (Å²) < 4.78 is 0. The first-order valence-corrected chi connectivity index (χ1v) is 8.61. The lowest BCUT2D eigenvalue weighted by atomic mass is 10.1. The molecule has 1 rings (SSSR count). The van der Waals surface area contributed by atoms with Gasteiger partial charge in [0, 0.05) is 11.6 Å². The standard InChI is InChI=1S/C19H31N3O2/c1-15(11-12-16-9-7-6-8-10-16)20-17(23)13-22(5)14-18(24)21-19(2,3)4/h6-10,15H,11-14H2,1-5H3,(H,20,23)(H,21,24)/p+1/t15-/m0/s1. The van der Waals surface area contributed by atoms with Gasteiger partial charge >= 0.3 is 0 Å². The summed E-state index contributed by atoms with van der Waals surface area (Å²) in [7, 11) is 1.86. The van der Waals surface area contributed by atoms with Gasteiger partial charge in [0.25, 0.3) is 11.8 Å². The Morgan fingerprint density at radius 1 is 1.08 bits per heavy atom. The fourth-order valence-electron chi connectivity index (χ4n) is 2.50. The molecule has 0 saturated heterocycles. The summed E-state index contributed by atoms with van der Waals surface area (Å²) in [5.41, 5.74) is 1.03. The number of nitrogens with one attached hydrogen (secondary N) is 3. The molecule has 3 N–H and O–H groups in total. The number of rotatable bonds is 8. The van der Waals surface area contributed by atoms with Crippen molar-refractivity contribution in [1.82, 2.24) is 10.6 Å². The fraction of sp³-hybridized carbons (Fsp3) is 0.579.